The first kappa shape index (κ1) is 30.5. The lowest BCUT2D eigenvalue weighted by atomic mass is 9.71. The van der Waals surface area contributed by atoms with Crippen molar-refractivity contribution in [1.82, 2.24) is 9.55 Å². The van der Waals surface area contributed by atoms with Gasteiger partial charge in [-0.15, -0.1) is 0 Å². The predicted molar refractivity (Wildman–Crippen MR) is 209 cm³/mol. The van der Waals surface area contributed by atoms with E-state index in [0.29, 0.717) is 6.67 Å². The molecule has 0 aliphatic carbocycles. The largest absolute Gasteiger partial charge is 0.457 e. The van der Waals surface area contributed by atoms with Gasteiger partial charge in [0.2, 0.25) is 0 Å². The van der Waals surface area contributed by atoms with E-state index >= 15 is 0 Å². The van der Waals surface area contributed by atoms with Gasteiger partial charge in [0.1, 0.15) is 17.3 Å². The molecule has 1 aliphatic heterocycles. The van der Waals surface area contributed by atoms with Crippen LogP contribution in [0.25, 0.3) is 27.6 Å². The van der Waals surface area contributed by atoms with Crippen molar-refractivity contribution in [2.75, 3.05) is 16.5 Å². The number of ether oxygens (including phenoxy) is 1. The number of fused-ring (bicyclic) bond motifs is 3. The minimum absolute atomic E-state index is 0.450. The molecule has 1 aliphatic rings. The van der Waals surface area contributed by atoms with Crippen LogP contribution >= 0.6 is 0 Å². The summed E-state index contributed by atoms with van der Waals surface area (Å²) in [5.41, 5.74) is 7.47. The Morgan fingerprint density at radius 3 is 1.84 bits per heavy atom. The third kappa shape index (κ3) is 5.49. The second-order valence-electron chi connectivity index (χ2n) is 13.1. The van der Waals surface area contributed by atoms with Gasteiger partial charge in [-0.05, 0) is 78.2 Å². The summed E-state index contributed by atoms with van der Waals surface area (Å²) < 4.78 is 9.11. The van der Waals surface area contributed by atoms with Gasteiger partial charge in [-0.2, -0.15) is 0 Å². The molecule has 0 atom stereocenters. The second-order valence-corrected chi connectivity index (χ2v) is 13.1. The SMILES string of the molecule is CC(c1ccccc1)(c1ccccc1)c1cc(Oc2ccc3c4ccccc4n(-c4ccccn4)c3c2)cc(N2C=CN(c3ccccc3)C2)c1. The third-order valence-corrected chi connectivity index (χ3v) is 10.1. The summed E-state index contributed by atoms with van der Waals surface area (Å²) in [7, 11) is 0. The van der Waals surface area contributed by atoms with Crippen LogP contribution in [-0.4, -0.2) is 16.2 Å². The Morgan fingerprint density at radius 1 is 0.510 bits per heavy atom. The van der Waals surface area contributed by atoms with Crippen LogP contribution in [0.5, 0.6) is 11.5 Å². The van der Waals surface area contributed by atoms with Crippen LogP contribution in [0.3, 0.4) is 0 Å². The molecule has 0 fully saturated rings. The van der Waals surface area contributed by atoms with Crippen LogP contribution in [0.2, 0.25) is 0 Å². The number of benzene rings is 6. The van der Waals surface area contributed by atoms with E-state index in [0.717, 1.165) is 50.7 Å². The zero-order valence-electron chi connectivity index (χ0n) is 28.3. The van der Waals surface area contributed by atoms with E-state index in [2.05, 4.69) is 185 Å². The van der Waals surface area contributed by atoms with Crippen molar-refractivity contribution in [2.45, 2.75) is 12.3 Å². The molecule has 51 heavy (non-hydrogen) atoms. The summed E-state index contributed by atoms with van der Waals surface area (Å²) in [6.07, 6.45) is 6.13. The Morgan fingerprint density at radius 2 is 1.14 bits per heavy atom. The lowest BCUT2D eigenvalue weighted by molar-refractivity contribution is 0.481. The second kappa shape index (κ2) is 12.7. The van der Waals surface area contributed by atoms with Crippen molar-refractivity contribution in [3.05, 3.63) is 205 Å². The number of para-hydroxylation sites is 2. The Hall–Kier alpha value is -6.59. The van der Waals surface area contributed by atoms with Crippen LogP contribution in [0.15, 0.2) is 188 Å². The summed E-state index contributed by atoms with van der Waals surface area (Å²) in [6, 6.07) is 59.5. The van der Waals surface area contributed by atoms with Crippen molar-refractivity contribution >= 4 is 33.2 Å². The highest BCUT2D eigenvalue weighted by Gasteiger charge is 2.32. The van der Waals surface area contributed by atoms with Gasteiger partial charge < -0.3 is 14.5 Å². The fourth-order valence-electron chi connectivity index (χ4n) is 7.40. The van der Waals surface area contributed by atoms with Crippen LogP contribution in [0.1, 0.15) is 23.6 Å². The molecular formula is C46H36N4O. The van der Waals surface area contributed by atoms with E-state index in [1.807, 2.05) is 24.4 Å². The average molecular weight is 661 g/mol. The van der Waals surface area contributed by atoms with Gasteiger partial charge >= 0.3 is 0 Å². The number of hydrogen-bond acceptors (Lipinski definition) is 4. The van der Waals surface area contributed by atoms with E-state index in [1.54, 1.807) is 0 Å². The van der Waals surface area contributed by atoms with Crippen molar-refractivity contribution in [2.24, 2.45) is 0 Å². The monoisotopic (exact) mass is 660 g/mol. The lowest BCUT2D eigenvalue weighted by Gasteiger charge is -2.33. The van der Waals surface area contributed by atoms with Gasteiger partial charge in [0.05, 0.1) is 17.7 Å². The Bertz CT molecular complexity index is 2450. The van der Waals surface area contributed by atoms with Crippen LogP contribution < -0.4 is 14.5 Å². The fraction of sp³-hybridized carbons (Fsp3) is 0.0652. The highest BCUT2D eigenvalue weighted by atomic mass is 16.5. The summed E-state index contributed by atoms with van der Waals surface area (Å²) in [5, 5.41) is 2.33. The van der Waals surface area contributed by atoms with Crippen molar-refractivity contribution in [3.63, 3.8) is 0 Å². The number of aromatic nitrogens is 2. The molecule has 0 saturated heterocycles. The third-order valence-electron chi connectivity index (χ3n) is 10.1. The molecule has 5 nitrogen and oxygen atoms in total. The fourth-order valence-corrected chi connectivity index (χ4v) is 7.40. The maximum absolute atomic E-state index is 6.89. The van der Waals surface area contributed by atoms with E-state index in [4.69, 9.17) is 9.72 Å². The van der Waals surface area contributed by atoms with Gasteiger partial charge in [-0.25, -0.2) is 4.98 Å². The van der Waals surface area contributed by atoms with Crippen LogP contribution in [0.4, 0.5) is 11.4 Å². The van der Waals surface area contributed by atoms with Crippen LogP contribution in [-0.2, 0) is 5.41 Å². The van der Waals surface area contributed by atoms with Gasteiger partial charge in [0, 0.05) is 58.3 Å². The molecule has 0 N–H and O–H groups in total. The summed E-state index contributed by atoms with van der Waals surface area (Å²) in [4.78, 5) is 9.26. The topological polar surface area (TPSA) is 33.5 Å². The normalized spacial score (nSPS) is 13.0. The summed E-state index contributed by atoms with van der Waals surface area (Å²) in [5.74, 6) is 2.40. The number of pyridine rings is 1. The van der Waals surface area contributed by atoms with E-state index in [-0.39, 0.29) is 0 Å². The smallest absolute Gasteiger partial charge is 0.137 e. The zero-order valence-corrected chi connectivity index (χ0v) is 28.3. The summed E-state index contributed by atoms with van der Waals surface area (Å²) >= 11 is 0. The highest BCUT2D eigenvalue weighted by molar-refractivity contribution is 6.09. The minimum Gasteiger partial charge on any atom is -0.457 e. The van der Waals surface area contributed by atoms with E-state index < -0.39 is 5.41 Å². The highest BCUT2D eigenvalue weighted by Crippen LogP contribution is 2.43. The van der Waals surface area contributed by atoms with Gasteiger partial charge in [0.15, 0.2) is 0 Å². The molecule has 2 aromatic heterocycles. The molecule has 0 amide bonds. The van der Waals surface area contributed by atoms with Crippen molar-refractivity contribution in [3.8, 4) is 17.3 Å². The van der Waals surface area contributed by atoms with Crippen molar-refractivity contribution < 1.29 is 4.74 Å². The number of hydrogen-bond donors (Lipinski definition) is 0. The molecule has 246 valence electrons. The molecule has 6 aromatic carbocycles. The van der Waals surface area contributed by atoms with Crippen molar-refractivity contribution in [1.29, 1.82) is 0 Å². The van der Waals surface area contributed by atoms with Gasteiger partial charge in [-0.1, -0.05) is 103 Å². The first-order valence-corrected chi connectivity index (χ1v) is 17.3. The molecule has 0 spiro atoms. The standard InChI is InChI=1S/C46H36N4O/c1-46(34-15-5-2-6-16-34,35-17-7-3-8-18-35)36-29-38(49-28-27-48(33-49)37-19-9-4-10-20-37)31-40(30-36)51-39-24-25-42-41-21-11-12-22-43(41)50(44(42)32-39)45-23-13-14-26-47-45/h2-32H,33H2,1H3. The first-order chi connectivity index (χ1) is 25.1. The molecule has 0 saturated carbocycles. The zero-order chi connectivity index (χ0) is 34.2. The molecule has 9 rings (SSSR count). The number of rotatable bonds is 8. The maximum atomic E-state index is 6.89. The van der Waals surface area contributed by atoms with Gasteiger partial charge in [0.25, 0.3) is 0 Å². The number of nitrogens with zero attached hydrogens (tertiary/aromatic N) is 4. The first-order valence-electron chi connectivity index (χ1n) is 17.3. The average Bonchev–Trinajstić information content (AvgIpc) is 3.83. The molecule has 0 radical (unpaired) electrons. The summed E-state index contributed by atoms with van der Waals surface area (Å²) in [6.45, 7) is 3.00. The molecule has 0 unspecified atom stereocenters. The molecule has 5 heteroatoms. The quantitative estimate of drug-likeness (QED) is 0.152. The Kier molecular flexibility index (Phi) is 7.59. The molecule has 8 aromatic rings. The molecule has 0 bridgehead atoms. The predicted octanol–water partition coefficient (Wildman–Crippen LogP) is 11.1. The van der Waals surface area contributed by atoms with Crippen LogP contribution in [0, 0.1) is 0 Å². The number of anilines is 2. The molecular weight excluding hydrogens is 625 g/mol. The minimum atomic E-state index is -0.450. The van der Waals surface area contributed by atoms with E-state index in [9.17, 15) is 0 Å². The molecule has 3 heterocycles. The van der Waals surface area contributed by atoms with Gasteiger partial charge in [-0.3, -0.25) is 4.57 Å². The Labute approximate surface area is 297 Å². The maximum Gasteiger partial charge on any atom is 0.137 e. The van der Waals surface area contributed by atoms with E-state index in [1.165, 1.54) is 16.5 Å². The lowest BCUT2D eigenvalue weighted by Crippen LogP contribution is -2.27. The Balaban J connectivity index is 1.18.